The van der Waals surface area contributed by atoms with Crippen LogP contribution in [-0.2, 0) is 11.3 Å². The van der Waals surface area contributed by atoms with Crippen LogP contribution >= 0.6 is 0 Å². The zero-order chi connectivity index (χ0) is 13.8. The van der Waals surface area contributed by atoms with Gasteiger partial charge in [-0.05, 0) is 30.2 Å². The van der Waals surface area contributed by atoms with E-state index in [-0.39, 0.29) is 11.7 Å². The minimum absolute atomic E-state index is 0.101. The van der Waals surface area contributed by atoms with Crippen molar-refractivity contribution in [2.45, 2.75) is 19.9 Å². The van der Waals surface area contributed by atoms with Crippen molar-refractivity contribution in [2.24, 2.45) is 5.73 Å². The lowest BCUT2D eigenvalue weighted by Gasteiger charge is -2.24. The van der Waals surface area contributed by atoms with Crippen LogP contribution in [-0.4, -0.2) is 37.0 Å². The van der Waals surface area contributed by atoms with Crippen LogP contribution in [0, 0.1) is 5.82 Å². The third-order valence-corrected chi connectivity index (χ3v) is 3.48. The van der Waals surface area contributed by atoms with Gasteiger partial charge >= 0.3 is 0 Å². The predicted octanol–water partition coefficient (Wildman–Crippen LogP) is 1.34. The summed E-state index contributed by atoms with van der Waals surface area (Å²) in [5.74, 6) is -0.158. The summed E-state index contributed by atoms with van der Waals surface area (Å²) in [5.41, 5.74) is 7.22. The van der Waals surface area contributed by atoms with Crippen LogP contribution < -0.4 is 10.6 Å². The predicted molar refractivity (Wildman–Crippen MR) is 73.4 cm³/mol. The van der Waals surface area contributed by atoms with Gasteiger partial charge in [0.05, 0.1) is 0 Å². The maximum Gasteiger partial charge on any atom is 0.219 e. The van der Waals surface area contributed by atoms with Crippen molar-refractivity contribution in [3.63, 3.8) is 0 Å². The van der Waals surface area contributed by atoms with E-state index in [9.17, 15) is 9.18 Å². The van der Waals surface area contributed by atoms with E-state index in [4.69, 9.17) is 5.73 Å². The Labute approximate surface area is 113 Å². The molecule has 2 N–H and O–H groups in total. The molecule has 19 heavy (non-hydrogen) atoms. The average Bonchev–Trinajstić information content (AvgIpc) is 2.63. The van der Waals surface area contributed by atoms with Crippen LogP contribution in [0.2, 0.25) is 0 Å². The van der Waals surface area contributed by atoms with Gasteiger partial charge in [-0.2, -0.15) is 0 Å². The second kappa shape index (κ2) is 6.02. The van der Waals surface area contributed by atoms with Crippen molar-refractivity contribution in [3.8, 4) is 0 Å². The lowest BCUT2D eigenvalue weighted by atomic mass is 10.1. The van der Waals surface area contributed by atoms with Crippen molar-refractivity contribution < 1.29 is 9.18 Å². The maximum atomic E-state index is 13.5. The number of benzene rings is 1. The highest BCUT2D eigenvalue weighted by atomic mass is 19.1. The molecule has 0 aliphatic carbocycles. The second-order valence-electron chi connectivity index (χ2n) is 4.87. The molecule has 0 aromatic heterocycles. The second-order valence-corrected chi connectivity index (χ2v) is 4.87. The fourth-order valence-electron chi connectivity index (χ4n) is 2.42. The summed E-state index contributed by atoms with van der Waals surface area (Å²) in [5, 5.41) is 0. The molecule has 1 aliphatic heterocycles. The third kappa shape index (κ3) is 3.44. The Hall–Kier alpha value is -1.62. The molecule has 0 bridgehead atoms. The molecule has 1 aromatic rings. The Kier molecular flexibility index (Phi) is 4.37. The van der Waals surface area contributed by atoms with Gasteiger partial charge in [-0.1, -0.05) is 0 Å². The first kappa shape index (κ1) is 13.8. The number of hydrogen-bond donors (Lipinski definition) is 1. The Morgan fingerprint density at radius 3 is 2.74 bits per heavy atom. The standard InChI is InChI=1S/C14H20FN3O/c1-11(19)17-3-2-4-18(6-5-17)14-8-12(10-16)7-13(15)9-14/h7-9H,2-6,10,16H2,1H3. The van der Waals surface area contributed by atoms with Gasteiger partial charge in [0.25, 0.3) is 0 Å². The van der Waals surface area contributed by atoms with Crippen molar-refractivity contribution >= 4 is 11.6 Å². The largest absolute Gasteiger partial charge is 0.370 e. The van der Waals surface area contributed by atoms with Crippen molar-refractivity contribution in [1.82, 2.24) is 4.90 Å². The Morgan fingerprint density at radius 2 is 2.05 bits per heavy atom. The summed E-state index contributed by atoms with van der Waals surface area (Å²) in [6.07, 6.45) is 0.897. The number of carbonyl (C=O) groups excluding carboxylic acids is 1. The molecule has 0 atom stereocenters. The fraction of sp³-hybridized carbons (Fsp3) is 0.500. The number of hydrogen-bond acceptors (Lipinski definition) is 3. The third-order valence-electron chi connectivity index (χ3n) is 3.48. The average molecular weight is 265 g/mol. The summed E-state index contributed by atoms with van der Waals surface area (Å²) >= 11 is 0. The number of carbonyl (C=O) groups is 1. The first-order valence-electron chi connectivity index (χ1n) is 6.60. The monoisotopic (exact) mass is 265 g/mol. The molecule has 5 heteroatoms. The molecule has 4 nitrogen and oxygen atoms in total. The smallest absolute Gasteiger partial charge is 0.219 e. The zero-order valence-electron chi connectivity index (χ0n) is 11.2. The topological polar surface area (TPSA) is 49.6 Å². The molecule has 1 saturated heterocycles. The van der Waals surface area contributed by atoms with Gasteiger partial charge in [0.1, 0.15) is 5.82 Å². The molecule has 0 unspecified atom stereocenters. The number of nitrogens with zero attached hydrogens (tertiary/aromatic N) is 2. The van der Waals surface area contributed by atoms with Gasteiger partial charge in [0.2, 0.25) is 5.91 Å². The molecule has 2 rings (SSSR count). The molecule has 1 fully saturated rings. The highest BCUT2D eigenvalue weighted by molar-refractivity contribution is 5.73. The Bertz CT molecular complexity index is 464. The molecule has 104 valence electrons. The first-order chi connectivity index (χ1) is 9.10. The fourth-order valence-corrected chi connectivity index (χ4v) is 2.42. The van der Waals surface area contributed by atoms with Crippen molar-refractivity contribution in [3.05, 3.63) is 29.6 Å². The molecule has 0 spiro atoms. The van der Waals surface area contributed by atoms with Gasteiger partial charge in [0.15, 0.2) is 0 Å². The minimum Gasteiger partial charge on any atom is -0.370 e. The summed E-state index contributed by atoms with van der Waals surface area (Å²) in [7, 11) is 0. The highest BCUT2D eigenvalue weighted by Crippen LogP contribution is 2.20. The maximum absolute atomic E-state index is 13.5. The molecule has 1 aromatic carbocycles. The van der Waals surface area contributed by atoms with Gasteiger partial charge in [-0.15, -0.1) is 0 Å². The van der Waals surface area contributed by atoms with Gasteiger partial charge in [0, 0.05) is 45.3 Å². The number of anilines is 1. The van der Waals surface area contributed by atoms with E-state index in [0.29, 0.717) is 13.1 Å². The van der Waals surface area contributed by atoms with E-state index in [1.165, 1.54) is 12.1 Å². The Balaban J connectivity index is 2.13. The summed E-state index contributed by atoms with van der Waals surface area (Å²) < 4.78 is 13.5. The molecule has 0 radical (unpaired) electrons. The molecule has 0 saturated carbocycles. The van der Waals surface area contributed by atoms with Crippen LogP contribution in [0.5, 0.6) is 0 Å². The van der Waals surface area contributed by atoms with E-state index in [1.807, 2.05) is 11.0 Å². The van der Waals surface area contributed by atoms with Crippen LogP contribution in [0.3, 0.4) is 0 Å². The van der Waals surface area contributed by atoms with Crippen LogP contribution in [0.1, 0.15) is 18.9 Å². The number of amides is 1. The zero-order valence-corrected chi connectivity index (χ0v) is 11.2. The van der Waals surface area contributed by atoms with E-state index in [0.717, 1.165) is 37.3 Å². The van der Waals surface area contributed by atoms with E-state index in [1.54, 1.807) is 6.92 Å². The highest BCUT2D eigenvalue weighted by Gasteiger charge is 2.17. The van der Waals surface area contributed by atoms with Gasteiger partial charge in [-0.25, -0.2) is 4.39 Å². The van der Waals surface area contributed by atoms with Crippen molar-refractivity contribution in [1.29, 1.82) is 0 Å². The number of rotatable bonds is 2. The van der Waals surface area contributed by atoms with Gasteiger partial charge in [-0.3, -0.25) is 4.79 Å². The SMILES string of the molecule is CC(=O)N1CCCN(c2cc(F)cc(CN)c2)CC1. The summed E-state index contributed by atoms with van der Waals surface area (Å²) in [4.78, 5) is 15.3. The molecule has 1 aliphatic rings. The minimum atomic E-state index is -0.259. The number of halogens is 1. The Morgan fingerprint density at radius 1 is 1.26 bits per heavy atom. The first-order valence-corrected chi connectivity index (χ1v) is 6.60. The molecule has 1 heterocycles. The van der Waals surface area contributed by atoms with E-state index < -0.39 is 0 Å². The lowest BCUT2D eigenvalue weighted by molar-refractivity contribution is -0.128. The summed E-state index contributed by atoms with van der Waals surface area (Å²) in [6.45, 7) is 4.93. The molecule has 1 amide bonds. The van der Waals surface area contributed by atoms with Crippen molar-refractivity contribution in [2.75, 3.05) is 31.1 Å². The van der Waals surface area contributed by atoms with Crippen LogP contribution in [0.25, 0.3) is 0 Å². The van der Waals surface area contributed by atoms with Gasteiger partial charge < -0.3 is 15.5 Å². The van der Waals surface area contributed by atoms with Crippen LogP contribution in [0.4, 0.5) is 10.1 Å². The lowest BCUT2D eigenvalue weighted by Crippen LogP contribution is -2.33. The molecular formula is C14H20FN3O. The van der Waals surface area contributed by atoms with Crippen LogP contribution in [0.15, 0.2) is 18.2 Å². The van der Waals surface area contributed by atoms with E-state index in [2.05, 4.69) is 4.90 Å². The quantitative estimate of drug-likeness (QED) is 0.878. The normalized spacial score (nSPS) is 16.4. The molecular weight excluding hydrogens is 245 g/mol. The summed E-state index contributed by atoms with van der Waals surface area (Å²) in [6, 6.07) is 4.91. The number of nitrogens with two attached hydrogens (primary N) is 1. The van der Waals surface area contributed by atoms with E-state index >= 15 is 0 Å².